The fourth-order valence-electron chi connectivity index (χ4n) is 2.21. The maximum absolute atomic E-state index is 11.1. The van der Waals surface area contributed by atoms with Gasteiger partial charge in [-0.05, 0) is 18.1 Å². The SMILES string of the molecule is CC(C)[C@@H]1CN(c2ccc(Cl)cc2[N+](=O)[O-])CCO1. The van der Waals surface area contributed by atoms with Crippen molar-refractivity contribution in [2.75, 3.05) is 24.6 Å². The van der Waals surface area contributed by atoms with Gasteiger partial charge in [0.2, 0.25) is 0 Å². The Balaban J connectivity index is 2.28. The molecule has 0 amide bonds. The van der Waals surface area contributed by atoms with Gasteiger partial charge in [-0.3, -0.25) is 10.1 Å². The van der Waals surface area contributed by atoms with Gasteiger partial charge in [-0.25, -0.2) is 0 Å². The number of morpholine rings is 1. The van der Waals surface area contributed by atoms with Crippen LogP contribution in [0.2, 0.25) is 5.02 Å². The Bertz CT molecular complexity index is 479. The molecule has 0 aromatic heterocycles. The molecule has 0 saturated carbocycles. The lowest BCUT2D eigenvalue weighted by Crippen LogP contribution is -2.44. The van der Waals surface area contributed by atoms with Crippen molar-refractivity contribution in [1.82, 2.24) is 0 Å². The molecule has 6 heteroatoms. The molecular weight excluding hydrogens is 268 g/mol. The average molecular weight is 285 g/mol. The highest BCUT2D eigenvalue weighted by Crippen LogP contribution is 2.32. The van der Waals surface area contributed by atoms with E-state index >= 15 is 0 Å². The van der Waals surface area contributed by atoms with Crippen molar-refractivity contribution in [2.24, 2.45) is 5.92 Å². The highest BCUT2D eigenvalue weighted by Gasteiger charge is 2.27. The second kappa shape index (κ2) is 5.75. The minimum atomic E-state index is -0.388. The first-order chi connectivity index (χ1) is 8.99. The van der Waals surface area contributed by atoms with E-state index in [1.54, 1.807) is 12.1 Å². The summed E-state index contributed by atoms with van der Waals surface area (Å²) in [5.41, 5.74) is 0.667. The predicted molar refractivity (Wildman–Crippen MR) is 74.9 cm³/mol. The van der Waals surface area contributed by atoms with E-state index < -0.39 is 0 Å². The number of rotatable bonds is 3. The zero-order valence-electron chi connectivity index (χ0n) is 11.0. The molecule has 1 atom stereocenters. The maximum atomic E-state index is 11.1. The van der Waals surface area contributed by atoms with Crippen LogP contribution in [0.3, 0.4) is 0 Å². The van der Waals surface area contributed by atoms with Gasteiger partial charge in [0.05, 0.1) is 17.6 Å². The summed E-state index contributed by atoms with van der Waals surface area (Å²) in [5, 5.41) is 11.5. The molecule has 104 valence electrons. The molecule has 0 aliphatic carbocycles. The number of benzene rings is 1. The largest absolute Gasteiger partial charge is 0.374 e. The second-order valence-electron chi connectivity index (χ2n) is 4.99. The Morgan fingerprint density at radius 1 is 1.53 bits per heavy atom. The average Bonchev–Trinajstić information content (AvgIpc) is 2.38. The third-order valence-corrected chi connectivity index (χ3v) is 3.55. The monoisotopic (exact) mass is 284 g/mol. The van der Waals surface area contributed by atoms with E-state index in [4.69, 9.17) is 16.3 Å². The topological polar surface area (TPSA) is 55.6 Å². The zero-order valence-corrected chi connectivity index (χ0v) is 11.8. The van der Waals surface area contributed by atoms with Crippen molar-refractivity contribution in [3.8, 4) is 0 Å². The number of hydrogen-bond acceptors (Lipinski definition) is 4. The van der Waals surface area contributed by atoms with Crippen LogP contribution < -0.4 is 4.90 Å². The molecule has 0 N–H and O–H groups in total. The van der Waals surface area contributed by atoms with Gasteiger partial charge in [0, 0.05) is 24.2 Å². The van der Waals surface area contributed by atoms with Crippen LogP contribution in [0.15, 0.2) is 18.2 Å². The van der Waals surface area contributed by atoms with Crippen LogP contribution in [-0.2, 0) is 4.74 Å². The van der Waals surface area contributed by atoms with Crippen LogP contribution in [0.4, 0.5) is 11.4 Å². The summed E-state index contributed by atoms with van der Waals surface area (Å²) in [6.45, 7) is 6.09. The molecule has 1 saturated heterocycles. The molecular formula is C13H17ClN2O3. The molecule has 0 bridgehead atoms. The first kappa shape index (κ1) is 14.1. The molecule has 1 heterocycles. The Labute approximate surface area is 117 Å². The van der Waals surface area contributed by atoms with E-state index in [0.29, 0.717) is 36.3 Å². The number of nitro groups is 1. The maximum Gasteiger partial charge on any atom is 0.294 e. The summed E-state index contributed by atoms with van der Waals surface area (Å²) >= 11 is 5.83. The van der Waals surface area contributed by atoms with Crippen LogP contribution in [0.1, 0.15) is 13.8 Å². The lowest BCUT2D eigenvalue weighted by Gasteiger charge is -2.36. The summed E-state index contributed by atoms with van der Waals surface area (Å²) in [6.07, 6.45) is 0.101. The molecule has 1 aromatic rings. The van der Waals surface area contributed by atoms with Crippen molar-refractivity contribution < 1.29 is 9.66 Å². The molecule has 0 spiro atoms. The second-order valence-corrected chi connectivity index (χ2v) is 5.43. The van der Waals surface area contributed by atoms with Gasteiger partial charge in [0.1, 0.15) is 5.69 Å². The Morgan fingerprint density at radius 2 is 2.26 bits per heavy atom. The zero-order chi connectivity index (χ0) is 14.0. The quantitative estimate of drug-likeness (QED) is 0.632. The first-order valence-electron chi connectivity index (χ1n) is 6.29. The van der Waals surface area contributed by atoms with E-state index in [9.17, 15) is 10.1 Å². The predicted octanol–water partition coefficient (Wildman–Crippen LogP) is 3.11. The van der Waals surface area contributed by atoms with Gasteiger partial charge in [0.15, 0.2) is 0 Å². The summed E-state index contributed by atoms with van der Waals surface area (Å²) in [5.74, 6) is 0.383. The number of hydrogen-bond donors (Lipinski definition) is 0. The normalized spacial score (nSPS) is 19.8. The molecule has 0 radical (unpaired) electrons. The van der Waals surface area contributed by atoms with Crippen LogP contribution in [0, 0.1) is 16.0 Å². The van der Waals surface area contributed by atoms with Gasteiger partial charge < -0.3 is 9.64 Å². The van der Waals surface area contributed by atoms with Crippen LogP contribution in [-0.4, -0.2) is 30.7 Å². The van der Waals surface area contributed by atoms with Gasteiger partial charge >= 0.3 is 0 Å². The van der Waals surface area contributed by atoms with Gasteiger partial charge in [-0.1, -0.05) is 25.4 Å². The summed E-state index contributed by atoms with van der Waals surface area (Å²) in [7, 11) is 0. The standard InChI is InChI=1S/C13H17ClN2O3/c1-9(2)13-8-15(5-6-19-13)11-4-3-10(14)7-12(11)16(17)18/h3-4,7,9,13H,5-6,8H2,1-2H3/t13-/m0/s1. The highest BCUT2D eigenvalue weighted by atomic mass is 35.5. The van der Waals surface area contributed by atoms with Crippen molar-refractivity contribution in [3.63, 3.8) is 0 Å². The van der Waals surface area contributed by atoms with Crippen molar-refractivity contribution in [1.29, 1.82) is 0 Å². The lowest BCUT2D eigenvalue weighted by atomic mass is 10.1. The molecule has 1 aromatic carbocycles. The summed E-state index contributed by atoms with van der Waals surface area (Å²) in [4.78, 5) is 12.7. The number of halogens is 1. The Hall–Kier alpha value is -1.33. The van der Waals surface area contributed by atoms with E-state index in [-0.39, 0.29) is 16.7 Å². The minimum Gasteiger partial charge on any atom is -0.374 e. The van der Waals surface area contributed by atoms with E-state index in [1.165, 1.54) is 6.07 Å². The van der Waals surface area contributed by atoms with Gasteiger partial charge in [0.25, 0.3) is 5.69 Å². The smallest absolute Gasteiger partial charge is 0.294 e. The minimum absolute atomic E-state index is 0.0527. The molecule has 1 aliphatic rings. The van der Waals surface area contributed by atoms with Crippen molar-refractivity contribution in [2.45, 2.75) is 20.0 Å². The molecule has 2 rings (SSSR count). The number of nitrogens with zero attached hydrogens (tertiary/aromatic N) is 2. The fourth-order valence-corrected chi connectivity index (χ4v) is 2.37. The highest BCUT2D eigenvalue weighted by molar-refractivity contribution is 6.30. The number of anilines is 1. The van der Waals surface area contributed by atoms with Crippen LogP contribution >= 0.6 is 11.6 Å². The van der Waals surface area contributed by atoms with E-state index in [1.807, 2.05) is 4.90 Å². The van der Waals surface area contributed by atoms with Gasteiger partial charge in [-0.15, -0.1) is 0 Å². The number of nitro benzene ring substituents is 1. The number of ether oxygens (including phenoxy) is 1. The lowest BCUT2D eigenvalue weighted by molar-refractivity contribution is -0.384. The van der Waals surface area contributed by atoms with E-state index in [2.05, 4.69) is 13.8 Å². The van der Waals surface area contributed by atoms with Crippen molar-refractivity contribution in [3.05, 3.63) is 33.3 Å². The van der Waals surface area contributed by atoms with Gasteiger partial charge in [-0.2, -0.15) is 0 Å². The van der Waals surface area contributed by atoms with E-state index in [0.717, 1.165) is 0 Å². The van der Waals surface area contributed by atoms with Crippen LogP contribution in [0.25, 0.3) is 0 Å². The summed E-state index contributed by atoms with van der Waals surface area (Å²) in [6, 6.07) is 4.80. The molecule has 0 unspecified atom stereocenters. The summed E-state index contributed by atoms with van der Waals surface area (Å²) < 4.78 is 5.68. The fraction of sp³-hybridized carbons (Fsp3) is 0.538. The molecule has 1 fully saturated rings. The first-order valence-corrected chi connectivity index (χ1v) is 6.67. The Morgan fingerprint density at radius 3 is 2.89 bits per heavy atom. The third-order valence-electron chi connectivity index (χ3n) is 3.31. The Kier molecular flexibility index (Phi) is 4.27. The molecule has 19 heavy (non-hydrogen) atoms. The molecule has 5 nitrogen and oxygen atoms in total. The third kappa shape index (κ3) is 3.16. The van der Waals surface area contributed by atoms with Crippen LogP contribution in [0.5, 0.6) is 0 Å². The molecule has 1 aliphatic heterocycles. The van der Waals surface area contributed by atoms with Crippen molar-refractivity contribution >= 4 is 23.0 Å².